The van der Waals surface area contributed by atoms with Crippen molar-refractivity contribution < 1.29 is 13.2 Å². The molecule has 0 N–H and O–H groups in total. The Morgan fingerprint density at radius 3 is 1.45 bits per heavy atom. The van der Waals surface area contributed by atoms with Crippen LogP contribution in [-0.4, -0.2) is 0 Å². The van der Waals surface area contributed by atoms with Gasteiger partial charge < -0.3 is 0 Å². The van der Waals surface area contributed by atoms with Crippen molar-refractivity contribution in [2.24, 2.45) is 0 Å². The lowest BCUT2D eigenvalue weighted by atomic mass is 9.85. The second-order valence-electron chi connectivity index (χ2n) is 6.92. The Bertz CT molecular complexity index is 1360. The SMILES string of the molecule is Fc1cccc2c(-c3ccccc3)c3c(F)ccc(F)c3c(-c3ccccc3)c12. The van der Waals surface area contributed by atoms with Crippen LogP contribution < -0.4 is 0 Å². The highest BCUT2D eigenvalue weighted by molar-refractivity contribution is 6.21. The molecule has 0 nitrogen and oxygen atoms in total. The molecule has 5 aromatic carbocycles. The average Bonchev–Trinajstić information content (AvgIpc) is 2.76. The molecule has 0 heterocycles. The minimum absolute atomic E-state index is 0.0904. The molecule has 0 bridgehead atoms. The molecular formula is C26H15F3. The summed E-state index contributed by atoms with van der Waals surface area (Å²) in [6.07, 6.45) is 0. The lowest BCUT2D eigenvalue weighted by Crippen LogP contribution is -1.97. The molecule has 5 aromatic rings. The molecule has 0 aromatic heterocycles. The van der Waals surface area contributed by atoms with Gasteiger partial charge in [0.25, 0.3) is 0 Å². The molecule has 0 aliphatic heterocycles. The van der Waals surface area contributed by atoms with E-state index in [4.69, 9.17) is 0 Å². The van der Waals surface area contributed by atoms with Crippen LogP contribution in [0.2, 0.25) is 0 Å². The lowest BCUT2D eigenvalue weighted by Gasteiger charge is -2.19. The van der Waals surface area contributed by atoms with E-state index in [9.17, 15) is 0 Å². The minimum Gasteiger partial charge on any atom is -0.206 e. The summed E-state index contributed by atoms with van der Waals surface area (Å²) in [5.74, 6) is -1.59. The van der Waals surface area contributed by atoms with E-state index in [1.54, 1.807) is 36.4 Å². The number of hydrogen-bond donors (Lipinski definition) is 0. The quantitative estimate of drug-likeness (QED) is 0.273. The Balaban J connectivity index is 2.13. The first-order valence-electron chi connectivity index (χ1n) is 9.29. The summed E-state index contributed by atoms with van der Waals surface area (Å²) >= 11 is 0. The topological polar surface area (TPSA) is 0 Å². The summed E-state index contributed by atoms with van der Waals surface area (Å²) in [5, 5.41) is 1.09. The standard InChI is InChI=1S/C26H15F3/c27-19-13-7-12-18-22(16-8-3-1-4-9-16)25-20(28)14-15-21(29)26(25)23(24(18)19)17-10-5-2-6-11-17/h1-15H. The fourth-order valence-electron chi connectivity index (χ4n) is 4.09. The maximum absolute atomic E-state index is 15.2. The van der Waals surface area contributed by atoms with E-state index in [2.05, 4.69) is 0 Å². The van der Waals surface area contributed by atoms with Crippen molar-refractivity contribution in [1.82, 2.24) is 0 Å². The van der Waals surface area contributed by atoms with E-state index >= 15 is 13.2 Å². The molecule has 0 unspecified atom stereocenters. The Hall–Kier alpha value is -3.59. The molecule has 140 valence electrons. The molecular weight excluding hydrogens is 369 g/mol. The summed E-state index contributed by atoms with van der Waals surface area (Å²) in [7, 11) is 0. The van der Waals surface area contributed by atoms with E-state index in [0.717, 1.165) is 12.1 Å². The van der Waals surface area contributed by atoms with Gasteiger partial charge in [-0.2, -0.15) is 0 Å². The summed E-state index contributed by atoms with van der Waals surface area (Å²) < 4.78 is 45.5. The zero-order valence-electron chi connectivity index (χ0n) is 15.3. The highest BCUT2D eigenvalue weighted by Crippen LogP contribution is 2.46. The van der Waals surface area contributed by atoms with Crippen LogP contribution in [0, 0.1) is 17.5 Å². The molecule has 5 rings (SSSR count). The minimum atomic E-state index is -0.581. The number of hydrogen-bond acceptors (Lipinski definition) is 0. The molecule has 29 heavy (non-hydrogen) atoms. The van der Waals surface area contributed by atoms with Gasteiger partial charge in [0, 0.05) is 27.3 Å². The zero-order chi connectivity index (χ0) is 20.0. The monoisotopic (exact) mass is 384 g/mol. The molecule has 3 heteroatoms. The fourth-order valence-corrected chi connectivity index (χ4v) is 4.09. The van der Waals surface area contributed by atoms with Crippen molar-refractivity contribution in [3.8, 4) is 22.3 Å². The van der Waals surface area contributed by atoms with Crippen LogP contribution >= 0.6 is 0 Å². The maximum Gasteiger partial charge on any atom is 0.131 e. The molecule has 0 aliphatic carbocycles. The average molecular weight is 384 g/mol. The third-order valence-corrected chi connectivity index (χ3v) is 5.26. The number of fused-ring (bicyclic) bond motifs is 2. The third-order valence-electron chi connectivity index (χ3n) is 5.26. The van der Waals surface area contributed by atoms with Crippen LogP contribution in [0.1, 0.15) is 0 Å². The predicted octanol–water partition coefficient (Wildman–Crippen LogP) is 7.74. The van der Waals surface area contributed by atoms with E-state index in [1.165, 1.54) is 6.07 Å². The molecule has 0 saturated heterocycles. The van der Waals surface area contributed by atoms with Gasteiger partial charge in [0.05, 0.1) is 0 Å². The van der Waals surface area contributed by atoms with Gasteiger partial charge in [-0.05, 0) is 34.7 Å². The second kappa shape index (κ2) is 6.78. The van der Waals surface area contributed by atoms with Crippen LogP contribution in [0.25, 0.3) is 43.8 Å². The molecule has 0 radical (unpaired) electrons. The van der Waals surface area contributed by atoms with Gasteiger partial charge in [0.1, 0.15) is 17.5 Å². The van der Waals surface area contributed by atoms with Crippen molar-refractivity contribution in [3.05, 3.63) is 108 Å². The largest absolute Gasteiger partial charge is 0.206 e. The number of halogens is 3. The van der Waals surface area contributed by atoms with E-state index in [1.807, 2.05) is 36.4 Å². The highest BCUT2D eigenvalue weighted by Gasteiger charge is 2.23. The molecule has 0 amide bonds. The van der Waals surface area contributed by atoms with Crippen molar-refractivity contribution in [2.75, 3.05) is 0 Å². The second-order valence-corrected chi connectivity index (χ2v) is 6.92. The normalized spacial score (nSPS) is 11.3. The van der Waals surface area contributed by atoms with Crippen molar-refractivity contribution in [1.29, 1.82) is 0 Å². The Morgan fingerprint density at radius 2 is 0.862 bits per heavy atom. The Kier molecular flexibility index (Phi) is 4.09. The fraction of sp³-hybridized carbons (Fsp3) is 0. The van der Waals surface area contributed by atoms with Gasteiger partial charge in [-0.25, -0.2) is 13.2 Å². The van der Waals surface area contributed by atoms with Gasteiger partial charge >= 0.3 is 0 Å². The lowest BCUT2D eigenvalue weighted by molar-refractivity contribution is 0.618. The van der Waals surface area contributed by atoms with Crippen LogP contribution in [-0.2, 0) is 0 Å². The van der Waals surface area contributed by atoms with Crippen LogP contribution in [0.5, 0.6) is 0 Å². The van der Waals surface area contributed by atoms with Crippen LogP contribution in [0.3, 0.4) is 0 Å². The van der Waals surface area contributed by atoms with Crippen molar-refractivity contribution >= 4 is 21.5 Å². The first kappa shape index (κ1) is 17.5. The van der Waals surface area contributed by atoms with Crippen molar-refractivity contribution in [3.63, 3.8) is 0 Å². The van der Waals surface area contributed by atoms with E-state index in [-0.39, 0.29) is 16.2 Å². The first-order valence-corrected chi connectivity index (χ1v) is 9.29. The summed E-state index contributed by atoms with van der Waals surface area (Å²) in [4.78, 5) is 0. The highest BCUT2D eigenvalue weighted by atomic mass is 19.1. The number of benzene rings is 5. The first-order chi connectivity index (χ1) is 14.2. The molecule has 0 aliphatic rings. The summed E-state index contributed by atoms with van der Waals surface area (Å²) in [5.41, 5.74) is 2.20. The van der Waals surface area contributed by atoms with Gasteiger partial charge in [-0.3, -0.25) is 0 Å². The van der Waals surface area contributed by atoms with Gasteiger partial charge in [-0.15, -0.1) is 0 Å². The maximum atomic E-state index is 15.2. The van der Waals surface area contributed by atoms with Crippen LogP contribution in [0.4, 0.5) is 13.2 Å². The molecule has 0 atom stereocenters. The predicted molar refractivity (Wildman–Crippen MR) is 112 cm³/mol. The smallest absolute Gasteiger partial charge is 0.131 e. The molecule has 0 spiro atoms. The van der Waals surface area contributed by atoms with Gasteiger partial charge in [-0.1, -0.05) is 72.8 Å². The summed E-state index contributed by atoms with van der Waals surface area (Å²) in [6.45, 7) is 0. The van der Waals surface area contributed by atoms with Crippen LogP contribution in [0.15, 0.2) is 91.0 Å². The molecule has 0 fully saturated rings. The van der Waals surface area contributed by atoms with E-state index < -0.39 is 17.5 Å². The summed E-state index contributed by atoms with van der Waals surface area (Å²) in [6, 6.07) is 25.1. The number of rotatable bonds is 2. The zero-order valence-corrected chi connectivity index (χ0v) is 15.3. The Labute approximate surface area is 165 Å². The van der Waals surface area contributed by atoms with E-state index in [0.29, 0.717) is 27.6 Å². The molecule has 0 saturated carbocycles. The van der Waals surface area contributed by atoms with Gasteiger partial charge in [0.15, 0.2) is 0 Å². The third kappa shape index (κ3) is 2.70. The van der Waals surface area contributed by atoms with Crippen molar-refractivity contribution in [2.45, 2.75) is 0 Å². The van der Waals surface area contributed by atoms with Gasteiger partial charge in [0.2, 0.25) is 0 Å². The Morgan fingerprint density at radius 1 is 0.379 bits per heavy atom.